The summed E-state index contributed by atoms with van der Waals surface area (Å²) < 4.78 is 0. The molecule has 0 unspecified atom stereocenters. The molecular formula is C11H22. The van der Waals surface area contributed by atoms with Crippen molar-refractivity contribution in [2.45, 2.75) is 64.7 Å². The zero-order valence-electron chi connectivity index (χ0n) is 7.94. The van der Waals surface area contributed by atoms with E-state index in [0.717, 1.165) is 5.92 Å². The first kappa shape index (κ1) is 9.09. The molecule has 0 nitrogen and oxygen atoms in total. The van der Waals surface area contributed by atoms with Crippen molar-refractivity contribution in [1.82, 2.24) is 0 Å². The van der Waals surface area contributed by atoms with Gasteiger partial charge in [-0.3, -0.25) is 0 Å². The summed E-state index contributed by atoms with van der Waals surface area (Å²) in [5.74, 6) is 1.06. The van der Waals surface area contributed by atoms with Gasteiger partial charge in [0.25, 0.3) is 0 Å². The lowest BCUT2D eigenvalue weighted by Crippen LogP contribution is -1.97. The summed E-state index contributed by atoms with van der Waals surface area (Å²) >= 11 is 0. The molecule has 0 heterocycles. The first-order valence-corrected chi connectivity index (χ1v) is 5.43. The quantitative estimate of drug-likeness (QED) is 0.532. The third-order valence-electron chi connectivity index (χ3n) is 3.05. The largest absolute Gasteiger partial charge is 0.0651 e. The molecule has 0 spiro atoms. The van der Waals surface area contributed by atoms with Crippen LogP contribution in [0, 0.1) is 5.92 Å². The maximum Gasteiger partial charge on any atom is -0.0417 e. The Balaban J connectivity index is 2.19. The Hall–Kier alpha value is 0. The van der Waals surface area contributed by atoms with E-state index in [0.29, 0.717) is 0 Å². The van der Waals surface area contributed by atoms with Crippen LogP contribution in [0.15, 0.2) is 0 Å². The standard InChI is InChI=1S/C11H22/c1-2-11-9-7-5-3-4-6-8-10-11/h11H,2-10H2,1H3. The molecule has 1 fully saturated rings. The van der Waals surface area contributed by atoms with Crippen molar-refractivity contribution in [3.63, 3.8) is 0 Å². The summed E-state index contributed by atoms with van der Waals surface area (Å²) in [6, 6.07) is 0. The maximum atomic E-state index is 2.35. The lowest BCUT2D eigenvalue weighted by atomic mass is 9.95. The zero-order valence-corrected chi connectivity index (χ0v) is 7.94. The van der Waals surface area contributed by atoms with E-state index in [2.05, 4.69) is 6.92 Å². The van der Waals surface area contributed by atoms with Gasteiger partial charge in [-0.15, -0.1) is 0 Å². The van der Waals surface area contributed by atoms with Gasteiger partial charge < -0.3 is 0 Å². The van der Waals surface area contributed by atoms with Crippen LogP contribution < -0.4 is 0 Å². The van der Waals surface area contributed by atoms with Gasteiger partial charge in [0.2, 0.25) is 0 Å². The van der Waals surface area contributed by atoms with E-state index in [1.807, 2.05) is 0 Å². The average molecular weight is 154 g/mol. The van der Waals surface area contributed by atoms with Crippen molar-refractivity contribution < 1.29 is 0 Å². The van der Waals surface area contributed by atoms with E-state index in [1.54, 1.807) is 0 Å². The van der Waals surface area contributed by atoms with E-state index >= 15 is 0 Å². The third kappa shape index (κ3) is 3.79. The minimum Gasteiger partial charge on any atom is -0.0651 e. The van der Waals surface area contributed by atoms with Gasteiger partial charge in [-0.25, -0.2) is 0 Å². The fraction of sp³-hybridized carbons (Fsp3) is 1.00. The van der Waals surface area contributed by atoms with Gasteiger partial charge >= 0.3 is 0 Å². The van der Waals surface area contributed by atoms with Gasteiger partial charge in [0.1, 0.15) is 0 Å². The van der Waals surface area contributed by atoms with Crippen LogP contribution in [0.25, 0.3) is 0 Å². The molecule has 0 amide bonds. The number of hydrogen-bond acceptors (Lipinski definition) is 0. The molecule has 0 N–H and O–H groups in total. The Bertz CT molecular complexity index is 76.0. The van der Waals surface area contributed by atoms with Gasteiger partial charge in [0.05, 0.1) is 0 Å². The molecule has 0 saturated heterocycles. The smallest absolute Gasteiger partial charge is 0.0417 e. The van der Waals surface area contributed by atoms with Crippen LogP contribution in [0.1, 0.15) is 64.7 Å². The normalized spacial score (nSPS) is 23.7. The molecular weight excluding hydrogens is 132 g/mol. The molecule has 0 aromatic heterocycles. The van der Waals surface area contributed by atoms with Crippen molar-refractivity contribution in [2.75, 3.05) is 0 Å². The molecule has 0 bridgehead atoms. The molecule has 1 rings (SSSR count). The number of rotatable bonds is 1. The van der Waals surface area contributed by atoms with Crippen LogP contribution in [0.2, 0.25) is 0 Å². The average Bonchev–Trinajstić information content (AvgIpc) is 2.16. The minimum absolute atomic E-state index is 1.06. The van der Waals surface area contributed by atoms with E-state index in [4.69, 9.17) is 0 Å². The van der Waals surface area contributed by atoms with Gasteiger partial charge in [0.15, 0.2) is 0 Å². The second-order valence-electron chi connectivity index (χ2n) is 3.97. The SMILES string of the molecule is CCC1CCCCCCCC1. The van der Waals surface area contributed by atoms with Crippen LogP contribution in [0.3, 0.4) is 0 Å². The monoisotopic (exact) mass is 154 g/mol. The van der Waals surface area contributed by atoms with Crippen LogP contribution in [0.4, 0.5) is 0 Å². The summed E-state index contributed by atoms with van der Waals surface area (Å²) in [6.07, 6.45) is 13.4. The van der Waals surface area contributed by atoms with Crippen molar-refractivity contribution in [3.05, 3.63) is 0 Å². The van der Waals surface area contributed by atoms with Crippen LogP contribution in [0.5, 0.6) is 0 Å². The molecule has 0 heteroatoms. The Kier molecular flexibility index (Phi) is 4.65. The highest BCUT2D eigenvalue weighted by molar-refractivity contribution is 4.60. The maximum absolute atomic E-state index is 2.35. The summed E-state index contributed by atoms with van der Waals surface area (Å²) in [6.45, 7) is 2.35. The molecule has 1 aliphatic carbocycles. The second-order valence-corrected chi connectivity index (χ2v) is 3.97. The Morgan fingerprint density at radius 1 is 0.818 bits per heavy atom. The van der Waals surface area contributed by atoms with Crippen molar-refractivity contribution in [1.29, 1.82) is 0 Å². The summed E-state index contributed by atoms with van der Waals surface area (Å²) in [7, 11) is 0. The molecule has 0 aromatic carbocycles. The van der Waals surface area contributed by atoms with E-state index in [1.165, 1.54) is 57.8 Å². The molecule has 0 atom stereocenters. The van der Waals surface area contributed by atoms with Gasteiger partial charge in [-0.05, 0) is 5.92 Å². The van der Waals surface area contributed by atoms with Crippen LogP contribution >= 0.6 is 0 Å². The third-order valence-corrected chi connectivity index (χ3v) is 3.05. The minimum atomic E-state index is 1.06. The molecule has 0 aliphatic heterocycles. The van der Waals surface area contributed by atoms with Crippen molar-refractivity contribution in [3.8, 4) is 0 Å². The predicted molar refractivity (Wildman–Crippen MR) is 50.7 cm³/mol. The molecule has 11 heavy (non-hydrogen) atoms. The summed E-state index contributed by atoms with van der Waals surface area (Å²) in [5.41, 5.74) is 0. The summed E-state index contributed by atoms with van der Waals surface area (Å²) in [4.78, 5) is 0. The predicted octanol–water partition coefficient (Wildman–Crippen LogP) is 4.15. The van der Waals surface area contributed by atoms with Crippen LogP contribution in [-0.4, -0.2) is 0 Å². The Morgan fingerprint density at radius 3 is 1.73 bits per heavy atom. The van der Waals surface area contributed by atoms with E-state index in [9.17, 15) is 0 Å². The first-order valence-electron chi connectivity index (χ1n) is 5.43. The fourth-order valence-electron chi connectivity index (χ4n) is 2.13. The lowest BCUT2D eigenvalue weighted by molar-refractivity contribution is 0.416. The number of hydrogen-bond donors (Lipinski definition) is 0. The highest BCUT2D eigenvalue weighted by atomic mass is 14.1. The Labute approximate surface area is 71.4 Å². The second kappa shape index (κ2) is 5.62. The van der Waals surface area contributed by atoms with E-state index in [-0.39, 0.29) is 0 Å². The topological polar surface area (TPSA) is 0 Å². The molecule has 1 aliphatic rings. The zero-order chi connectivity index (χ0) is 7.94. The Morgan fingerprint density at radius 2 is 1.27 bits per heavy atom. The highest BCUT2D eigenvalue weighted by Crippen LogP contribution is 2.23. The molecule has 0 radical (unpaired) electrons. The highest BCUT2D eigenvalue weighted by Gasteiger charge is 2.07. The van der Waals surface area contributed by atoms with Gasteiger partial charge in [-0.2, -0.15) is 0 Å². The van der Waals surface area contributed by atoms with Crippen LogP contribution in [-0.2, 0) is 0 Å². The molecule has 0 aromatic rings. The fourth-order valence-corrected chi connectivity index (χ4v) is 2.13. The van der Waals surface area contributed by atoms with Gasteiger partial charge in [-0.1, -0.05) is 64.7 Å². The molecule has 66 valence electrons. The van der Waals surface area contributed by atoms with Crippen molar-refractivity contribution >= 4 is 0 Å². The lowest BCUT2D eigenvalue weighted by Gasteiger charge is -2.11. The van der Waals surface area contributed by atoms with E-state index < -0.39 is 0 Å². The first-order chi connectivity index (χ1) is 5.43. The summed E-state index contributed by atoms with van der Waals surface area (Å²) in [5, 5.41) is 0. The molecule has 1 saturated carbocycles. The van der Waals surface area contributed by atoms with Gasteiger partial charge in [0, 0.05) is 0 Å². The van der Waals surface area contributed by atoms with Crippen molar-refractivity contribution in [2.24, 2.45) is 5.92 Å².